The first kappa shape index (κ1) is 23.7. The van der Waals surface area contributed by atoms with E-state index in [0.717, 1.165) is 22.3 Å². The minimum atomic E-state index is -0.365. The molecule has 0 amide bonds. The normalized spacial score (nSPS) is 12.8. The minimum absolute atomic E-state index is 0.305. The molecule has 0 heterocycles. The fourth-order valence-corrected chi connectivity index (χ4v) is 3.52. The molecule has 0 aromatic heterocycles. The van der Waals surface area contributed by atoms with Gasteiger partial charge in [-0.3, -0.25) is 0 Å². The Hall–Kier alpha value is -2.93. The molecule has 3 rings (SSSR count). The zero-order chi connectivity index (χ0) is 22.8. The van der Waals surface area contributed by atoms with Crippen molar-refractivity contribution in [3.8, 4) is 5.75 Å². The van der Waals surface area contributed by atoms with Crippen LogP contribution >= 0.6 is 0 Å². The molecule has 0 unspecified atom stereocenters. The van der Waals surface area contributed by atoms with Gasteiger partial charge in [-0.15, -0.1) is 0 Å². The van der Waals surface area contributed by atoms with Crippen molar-refractivity contribution in [2.24, 2.45) is 0 Å². The summed E-state index contributed by atoms with van der Waals surface area (Å²) in [5.41, 5.74) is 4.75. The van der Waals surface area contributed by atoms with Crippen LogP contribution in [0.2, 0.25) is 0 Å². The van der Waals surface area contributed by atoms with Crippen LogP contribution in [0.4, 0.5) is 0 Å². The Morgan fingerprint density at radius 1 is 0.875 bits per heavy atom. The molecule has 2 aromatic rings. The van der Waals surface area contributed by atoms with Crippen molar-refractivity contribution in [3.05, 3.63) is 77.4 Å². The molecule has 0 saturated carbocycles. The van der Waals surface area contributed by atoms with E-state index in [1.54, 1.807) is 14.0 Å². The maximum Gasteiger partial charge on any atom is 0.339 e. The lowest BCUT2D eigenvalue weighted by atomic mass is 9.97. The molecule has 170 valence electrons. The number of ether oxygens (including phenoxy) is 5. The number of esters is 1. The molecule has 6 nitrogen and oxygen atoms in total. The summed E-state index contributed by atoms with van der Waals surface area (Å²) >= 11 is 0. The maximum absolute atomic E-state index is 12.7. The third-order valence-electron chi connectivity index (χ3n) is 4.98. The Labute approximate surface area is 189 Å². The molecule has 0 N–H and O–H groups in total. The van der Waals surface area contributed by atoms with Gasteiger partial charge < -0.3 is 23.7 Å². The molecule has 0 atom stereocenters. The fraction of sp³-hybridized carbons (Fsp3) is 0.346. The van der Waals surface area contributed by atoms with Crippen molar-refractivity contribution in [2.75, 3.05) is 53.4 Å². The Morgan fingerprint density at radius 2 is 1.56 bits per heavy atom. The highest BCUT2D eigenvalue weighted by molar-refractivity contribution is 6.20. The van der Waals surface area contributed by atoms with E-state index in [1.165, 1.54) is 0 Å². The van der Waals surface area contributed by atoms with E-state index in [4.69, 9.17) is 23.7 Å². The quantitative estimate of drug-likeness (QED) is 0.346. The molecular formula is C26H30O6. The lowest BCUT2D eigenvalue weighted by Gasteiger charge is -2.11. The number of carbonyl (C=O) groups is 1. The molecule has 1 aliphatic carbocycles. The summed E-state index contributed by atoms with van der Waals surface area (Å²) in [7, 11) is 1.64. The van der Waals surface area contributed by atoms with Crippen LogP contribution in [0.3, 0.4) is 0 Å². The average Bonchev–Trinajstić information content (AvgIpc) is 3.10. The third-order valence-corrected chi connectivity index (χ3v) is 4.98. The second-order valence-corrected chi connectivity index (χ2v) is 7.09. The summed E-state index contributed by atoms with van der Waals surface area (Å²) in [6.07, 6.45) is 0. The molecule has 0 aliphatic heterocycles. The van der Waals surface area contributed by atoms with E-state index in [9.17, 15) is 4.79 Å². The summed E-state index contributed by atoms with van der Waals surface area (Å²) in [4.78, 5) is 12.7. The van der Waals surface area contributed by atoms with Crippen LogP contribution < -0.4 is 4.74 Å². The fourth-order valence-electron chi connectivity index (χ4n) is 3.52. The summed E-state index contributed by atoms with van der Waals surface area (Å²) < 4.78 is 27.0. The standard InChI is InChI=1S/C26H30O6/c1-4-31-26(27)24-19(2)23-18-21(32-17-16-30-15-14-29-13-12-28-3)10-11-22(23)25(24)20-8-6-5-7-9-20/h5-11,18H,2,4,12-17H2,1,3H3. The first-order valence-electron chi connectivity index (χ1n) is 10.8. The van der Waals surface area contributed by atoms with E-state index in [-0.39, 0.29) is 5.97 Å². The topological polar surface area (TPSA) is 63.2 Å². The second kappa shape index (κ2) is 12.2. The van der Waals surface area contributed by atoms with Crippen LogP contribution in [0.25, 0.3) is 11.1 Å². The molecule has 32 heavy (non-hydrogen) atoms. The molecule has 6 heteroatoms. The molecule has 0 bridgehead atoms. The average molecular weight is 439 g/mol. The van der Waals surface area contributed by atoms with Crippen LogP contribution in [-0.2, 0) is 23.7 Å². The van der Waals surface area contributed by atoms with Gasteiger partial charge in [-0.25, -0.2) is 4.79 Å². The second-order valence-electron chi connectivity index (χ2n) is 7.09. The monoisotopic (exact) mass is 438 g/mol. The van der Waals surface area contributed by atoms with Crippen molar-refractivity contribution in [1.29, 1.82) is 0 Å². The number of hydrogen-bond donors (Lipinski definition) is 0. The predicted octanol–water partition coefficient (Wildman–Crippen LogP) is 4.14. The number of benzene rings is 2. The summed E-state index contributed by atoms with van der Waals surface area (Å²) in [6.45, 7) is 9.30. The van der Waals surface area contributed by atoms with Crippen molar-refractivity contribution < 1.29 is 28.5 Å². The number of fused-ring (bicyclic) bond motifs is 1. The first-order valence-corrected chi connectivity index (χ1v) is 10.8. The highest BCUT2D eigenvalue weighted by atomic mass is 16.6. The van der Waals surface area contributed by atoms with Gasteiger partial charge in [0, 0.05) is 12.7 Å². The highest BCUT2D eigenvalue weighted by Crippen LogP contribution is 2.45. The van der Waals surface area contributed by atoms with E-state index < -0.39 is 0 Å². The Bertz CT molecular complexity index is 948. The smallest absolute Gasteiger partial charge is 0.339 e. The van der Waals surface area contributed by atoms with E-state index in [2.05, 4.69) is 6.58 Å². The maximum atomic E-state index is 12.7. The van der Waals surface area contributed by atoms with Crippen molar-refractivity contribution in [3.63, 3.8) is 0 Å². The minimum Gasteiger partial charge on any atom is -0.491 e. The SMILES string of the molecule is C=C1C(C(=O)OCC)=C(c2ccccc2)c2ccc(OCCOCCOCCOC)cc21. The van der Waals surface area contributed by atoms with E-state index >= 15 is 0 Å². The van der Waals surface area contributed by atoms with Crippen LogP contribution in [-0.4, -0.2) is 59.3 Å². The number of carbonyl (C=O) groups excluding carboxylic acids is 1. The molecule has 0 radical (unpaired) electrons. The zero-order valence-electron chi connectivity index (χ0n) is 18.7. The third kappa shape index (κ3) is 5.85. The van der Waals surface area contributed by atoms with Crippen LogP contribution in [0.15, 0.2) is 60.7 Å². The molecule has 0 spiro atoms. The van der Waals surface area contributed by atoms with Gasteiger partial charge in [0.1, 0.15) is 12.4 Å². The zero-order valence-corrected chi connectivity index (χ0v) is 18.7. The van der Waals surface area contributed by atoms with Gasteiger partial charge in [-0.05, 0) is 41.3 Å². The van der Waals surface area contributed by atoms with Gasteiger partial charge >= 0.3 is 5.97 Å². The molecule has 1 aliphatic rings. The van der Waals surface area contributed by atoms with Crippen LogP contribution in [0.5, 0.6) is 5.75 Å². The van der Waals surface area contributed by atoms with E-state index in [1.807, 2.05) is 48.5 Å². The van der Waals surface area contributed by atoms with Crippen molar-refractivity contribution >= 4 is 17.1 Å². The number of methoxy groups -OCH3 is 1. The van der Waals surface area contributed by atoms with Gasteiger partial charge in [0.15, 0.2) is 0 Å². The van der Waals surface area contributed by atoms with E-state index in [0.29, 0.717) is 63.1 Å². The Morgan fingerprint density at radius 3 is 2.25 bits per heavy atom. The number of rotatable bonds is 13. The Kier molecular flexibility index (Phi) is 9.04. The predicted molar refractivity (Wildman–Crippen MR) is 124 cm³/mol. The van der Waals surface area contributed by atoms with Crippen LogP contribution in [0.1, 0.15) is 23.6 Å². The highest BCUT2D eigenvalue weighted by Gasteiger charge is 2.31. The number of hydrogen-bond acceptors (Lipinski definition) is 6. The lowest BCUT2D eigenvalue weighted by molar-refractivity contribution is -0.137. The first-order chi connectivity index (χ1) is 15.7. The summed E-state index contributed by atoms with van der Waals surface area (Å²) in [5, 5.41) is 0. The van der Waals surface area contributed by atoms with Gasteiger partial charge in [-0.2, -0.15) is 0 Å². The van der Waals surface area contributed by atoms with Crippen molar-refractivity contribution in [1.82, 2.24) is 0 Å². The largest absolute Gasteiger partial charge is 0.491 e. The van der Waals surface area contributed by atoms with Gasteiger partial charge in [-0.1, -0.05) is 43.0 Å². The van der Waals surface area contributed by atoms with Crippen molar-refractivity contribution in [2.45, 2.75) is 6.92 Å². The van der Waals surface area contributed by atoms with Crippen LogP contribution in [0, 0.1) is 0 Å². The van der Waals surface area contributed by atoms with Gasteiger partial charge in [0.25, 0.3) is 0 Å². The molecular weight excluding hydrogens is 408 g/mol. The summed E-state index contributed by atoms with van der Waals surface area (Å²) in [5.74, 6) is 0.332. The molecule has 0 fully saturated rings. The Balaban J connectivity index is 1.65. The molecule has 2 aromatic carbocycles. The summed E-state index contributed by atoms with van der Waals surface area (Å²) in [6, 6.07) is 15.6. The van der Waals surface area contributed by atoms with Gasteiger partial charge in [0.2, 0.25) is 0 Å². The van der Waals surface area contributed by atoms with Gasteiger partial charge in [0.05, 0.1) is 45.2 Å². The lowest BCUT2D eigenvalue weighted by Crippen LogP contribution is -2.12. The molecule has 0 saturated heterocycles.